The van der Waals surface area contributed by atoms with Crippen molar-refractivity contribution in [3.8, 4) is 11.6 Å². The van der Waals surface area contributed by atoms with Gasteiger partial charge in [0.2, 0.25) is 5.88 Å². The van der Waals surface area contributed by atoms with Crippen LogP contribution >= 0.6 is 27.3 Å². The largest absolute Gasteiger partial charge is 0.437 e. The van der Waals surface area contributed by atoms with Gasteiger partial charge in [-0.25, -0.2) is 0 Å². The number of nitrogens with one attached hydrogen (secondary N) is 1. The Balaban J connectivity index is 1.65. The highest BCUT2D eigenvalue weighted by Gasteiger charge is 2.23. The van der Waals surface area contributed by atoms with Gasteiger partial charge in [-0.05, 0) is 31.0 Å². The first-order chi connectivity index (χ1) is 10.3. The standard InChI is InChI=1S/C15H14BrN3OS/c16-10-2-1-3-12(8-10)20-14-13(9-17-11-4-5-11)19-6-7-21-15(19)18-14/h1-3,6-8,11,17H,4-5,9H2. The molecule has 2 heterocycles. The lowest BCUT2D eigenvalue weighted by Crippen LogP contribution is -2.16. The molecule has 0 unspecified atom stereocenters. The quantitative estimate of drug-likeness (QED) is 0.737. The maximum absolute atomic E-state index is 5.99. The average Bonchev–Trinajstić information content (AvgIpc) is 3.08. The molecule has 4 nitrogen and oxygen atoms in total. The van der Waals surface area contributed by atoms with Crippen LogP contribution in [0.25, 0.3) is 4.96 Å². The number of ether oxygens (including phenoxy) is 1. The van der Waals surface area contributed by atoms with Crippen molar-refractivity contribution >= 4 is 32.2 Å². The molecule has 0 amide bonds. The van der Waals surface area contributed by atoms with Gasteiger partial charge < -0.3 is 10.1 Å². The number of aromatic nitrogens is 2. The van der Waals surface area contributed by atoms with E-state index in [1.165, 1.54) is 12.8 Å². The summed E-state index contributed by atoms with van der Waals surface area (Å²) in [6.07, 6.45) is 4.59. The second-order valence-electron chi connectivity index (χ2n) is 5.13. The maximum Gasteiger partial charge on any atom is 0.243 e. The van der Waals surface area contributed by atoms with Crippen LogP contribution in [0, 0.1) is 0 Å². The highest BCUT2D eigenvalue weighted by molar-refractivity contribution is 9.10. The Morgan fingerprint density at radius 1 is 1.43 bits per heavy atom. The number of hydrogen-bond acceptors (Lipinski definition) is 4. The van der Waals surface area contributed by atoms with Crippen LogP contribution in [0.4, 0.5) is 0 Å². The highest BCUT2D eigenvalue weighted by Crippen LogP contribution is 2.30. The van der Waals surface area contributed by atoms with E-state index in [0.717, 1.165) is 27.4 Å². The van der Waals surface area contributed by atoms with E-state index in [1.807, 2.05) is 35.8 Å². The van der Waals surface area contributed by atoms with Crippen molar-refractivity contribution < 1.29 is 4.74 Å². The molecule has 2 aromatic heterocycles. The molecule has 0 radical (unpaired) electrons. The summed E-state index contributed by atoms with van der Waals surface area (Å²) in [5.74, 6) is 1.48. The fourth-order valence-corrected chi connectivity index (χ4v) is 3.33. The molecule has 1 N–H and O–H groups in total. The van der Waals surface area contributed by atoms with Crippen molar-refractivity contribution in [2.45, 2.75) is 25.4 Å². The number of hydrogen-bond donors (Lipinski definition) is 1. The lowest BCUT2D eigenvalue weighted by molar-refractivity contribution is 0.455. The molecule has 1 aliphatic rings. The summed E-state index contributed by atoms with van der Waals surface area (Å²) in [4.78, 5) is 5.57. The molecule has 0 saturated heterocycles. The summed E-state index contributed by atoms with van der Waals surface area (Å²) in [5.41, 5.74) is 1.08. The predicted octanol–water partition coefficient (Wildman–Crippen LogP) is 4.20. The molecule has 108 valence electrons. The second kappa shape index (κ2) is 5.44. The molecule has 0 aliphatic heterocycles. The topological polar surface area (TPSA) is 38.6 Å². The Labute approximate surface area is 134 Å². The van der Waals surface area contributed by atoms with Crippen molar-refractivity contribution in [3.63, 3.8) is 0 Å². The molecule has 4 rings (SSSR count). The van der Waals surface area contributed by atoms with E-state index >= 15 is 0 Å². The molecular formula is C15H14BrN3OS. The Bertz CT molecular complexity index is 778. The summed E-state index contributed by atoms with van der Waals surface area (Å²) >= 11 is 5.08. The van der Waals surface area contributed by atoms with Gasteiger partial charge in [0.15, 0.2) is 4.96 Å². The smallest absolute Gasteiger partial charge is 0.243 e. The van der Waals surface area contributed by atoms with E-state index in [-0.39, 0.29) is 0 Å². The lowest BCUT2D eigenvalue weighted by Gasteiger charge is -2.07. The minimum atomic E-state index is 0.660. The summed E-state index contributed by atoms with van der Waals surface area (Å²) in [6, 6.07) is 8.49. The van der Waals surface area contributed by atoms with Crippen molar-refractivity contribution in [2.24, 2.45) is 0 Å². The number of benzene rings is 1. The molecule has 0 spiro atoms. The zero-order chi connectivity index (χ0) is 14.2. The molecule has 1 aliphatic carbocycles. The number of thiazole rings is 1. The number of nitrogens with zero attached hydrogens (tertiary/aromatic N) is 2. The zero-order valence-electron chi connectivity index (χ0n) is 11.3. The number of rotatable bonds is 5. The maximum atomic E-state index is 5.99. The predicted molar refractivity (Wildman–Crippen MR) is 87.1 cm³/mol. The summed E-state index contributed by atoms with van der Waals surface area (Å²) in [6.45, 7) is 0.784. The Morgan fingerprint density at radius 2 is 2.33 bits per heavy atom. The fourth-order valence-electron chi connectivity index (χ4n) is 2.23. The van der Waals surface area contributed by atoms with E-state index in [9.17, 15) is 0 Å². The molecule has 1 fully saturated rings. The summed E-state index contributed by atoms with van der Waals surface area (Å²) in [7, 11) is 0. The Hall–Kier alpha value is -1.37. The van der Waals surface area contributed by atoms with Crippen molar-refractivity contribution in [1.82, 2.24) is 14.7 Å². The highest BCUT2D eigenvalue weighted by atomic mass is 79.9. The molecule has 21 heavy (non-hydrogen) atoms. The third-order valence-electron chi connectivity index (χ3n) is 3.47. The number of halogens is 1. The minimum absolute atomic E-state index is 0.660. The van der Waals surface area contributed by atoms with E-state index in [0.29, 0.717) is 11.9 Å². The minimum Gasteiger partial charge on any atom is -0.437 e. The van der Waals surface area contributed by atoms with Crippen LogP contribution in [-0.4, -0.2) is 15.4 Å². The van der Waals surface area contributed by atoms with Crippen LogP contribution in [-0.2, 0) is 6.54 Å². The summed E-state index contributed by atoms with van der Waals surface area (Å²) < 4.78 is 9.09. The third kappa shape index (κ3) is 2.84. The van der Waals surface area contributed by atoms with Gasteiger partial charge in [0.1, 0.15) is 11.4 Å². The van der Waals surface area contributed by atoms with Gasteiger partial charge in [-0.15, -0.1) is 11.3 Å². The molecule has 3 aromatic rings. The first-order valence-electron chi connectivity index (χ1n) is 6.91. The number of fused-ring (bicyclic) bond motifs is 1. The second-order valence-corrected chi connectivity index (χ2v) is 6.92. The van der Waals surface area contributed by atoms with Crippen molar-refractivity contribution in [1.29, 1.82) is 0 Å². The third-order valence-corrected chi connectivity index (χ3v) is 4.72. The molecular weight excluding hydrogens is 350 g/mol. The van der Waals surface area contributed by atoms with Gasteiger partial charge in [0, 0.05) is 28.6 Å². The van der Waals surface area contributed by atoms with Crippen LogP contribution in [0.1, 0.15) is 18.5 Å². The van der Waals surface area contributed by atoms with E-state index < -0.39 is 0 Å². The van der Waals surface area contributed by atoms with E-state index in [1.54, 1.807) is 11.3 Å². The van der Waals surface area contributed by atoms with Crippen LogP contribution in [0.3, 0.4) is 0 Å². The Kier molecular flexibility index (Phi) is 3.45. The average molecular weight is 364 g/mol. The normalized spacial score (nSPS) is 14.7. The van der Waals surface area contributed by atoms with Gasteiger partial charge in [-0.3, -0.25) is 4.40 Å². The SMILES string of the molecule is Brc1cccc(Oc2nc3sccn3c2CNC2CC2)c1. The molecule has 6 heteroatoms. The van der Waals surface area contributed by atoms with E-state index in [4.69, 9.17) is 4.74 Å². The van der Waals surface area contributed by atoms with Gasteiger partial charge in [0.25, 0.3) is 0 Å². The van der Waals surface area contributed by atoms with Crippen molar-refractivity contribution in [2.75, 3.05) is 0 Å². The first-order valence-corrected chi connectivity index (χ1v) is 8.58. The first kappa shape index (κ1) is 13.3. The van der Waals surface area contributed by atoms with Crippen LogP contribution in [0.2, 0.25) is 0 Å². The summed E-state index contributed by atoms with van der Waals surface area (Å²) in [5, 5.41) is 5.58. The molecule has 0 atom stereocenters. The number of imidazole rings is 1. The Morgan fingerprint density at radius 3 is 3.14 bits per heavy atom. The molecule has 1 saturated carbocycles. The van der Waals surface area contributed by atoms with Gasteiger partial charge in [0.05, 0.1) is 0 Å². The zero-order valence-corrected chi connectivity index (χ0v) is 13.7. The van der Waals surface area contributed by atoms with Crippen molar-refractivity contribution in [3.05, 3.63) is 46.0 Å². The van der Waals surface area contributed by atoms with E-state index in [2.05, 4.69) is 30.6 Å². The van der Waals surface area contributed by atoms with Gasteiger partial charge >= 0.3 is 0 Å². The molecule has 0 bridgehead atoms. The van der Waals surface area contributed by atoms with Gasteiger partial charge in [-0.2, -0.15) is 4.98 Å². The lowest BCUT2D eigenvalue weighted by atomic mass is 10.3. The van der Waals surface area contributed by atoms with Crippen LogP contribution < -0.4 is 10.1 Å². The van der Waals surface area contributed by atoms with Crippen LogP contribution in [0.15, 0.2) is 40.3 Å². The van der Waals surface area contributed by atoms with Crippen LogP contribution in [0.5, 0.6) is 11.6 Å². The van der Waals surface area contributed by atoms with Gasteiger partial charge in [-0.1, -0.05) is 22.0 Å². The fraction of sp³-hybridized carbons (Fsp3) is 0.267. The molecule has 1 aromatic carbocycles. The monoisotopic (exact) mass is 363 g/mol.